The Morgan fingerprint density at radius 3 is 1.78 bits per heavy atom. The Hall–Kier alpha value is -0.980. The van der Waals surface area contributed by atoms with Crippen molar-refractivity contribution in [2.75, 3.05) is 19.8 Å². The molecule has 1 aliphatic heterocycles. The minimum absolute atomic E-state index is 0.229. The molecule has 0 spiro atoms. The molecule has 0 N–H and O–H groups in total. The molecule has 0 aromatic rings. The monoisotopic (exact) mass is 386 g/mol. The molecule has 0 aliphatic carbocycles. The van der Waals surface area contributed by atoms with Gasteiger partial charge >= 0.3 is 11.9 Å². The first-order valence-corrected chi connectivity index (χ1v) is 10.6. The number of hydrogen-bond donors (Lipinski definition) is 0. The minimum Gasteiger partial charge on any atom is -0.393 e. The summed E-state index contributed by atoms with van der Waals surface area (Å²) in [5.41, 5.74) is -0.599. The molecule has 0 aromatic carbocycles. The second-order valence-electron chi connectivity index (χ2n) is 7.46. The normalized spacial score (nSPS) is 20.3. The van der Waals surface area contributed by atoms with Crippen molar-refractivity contribution in [3.63, 3.8) is 0 Å². The SMILES string of the molecule is CCOC(CCCCCCCCCC1(C)CC(=O)OC1=O)(OCC)OCC. The summed E-state index contributed by atoms with van der Waals surface area (Å²) in [5.74, 6) is -1.63. The Labute approximate surface area is 164 Å². The van der Waals surface area contributed by atoms with E-state index < -0.39 is 11.4 Å². The van der Waals surface area contributed by atoms with Gasteiger partial charge in [-0.15, -0.1) is 0 Å². The molecule has 1 fully saturated rings. The van der Waals surface area contributed by atoms with Gasteiger partial charge in [0.15, 0.2) is 0 Å². The number of cyclic esters (lactones) is 2. The third kappa shape index (κ3) is 8.28. The first-order chi connectivity index (χ1) is 12.9. The fourth-order valence-corrected chi connectivity index (χ4v) is 3.59. The van der Waals surface area contributed by atoms with Crippen molar-refractivity contribution in [1.29, 1.82) is 0 Å². The van der Waals surface area contributed by atoms with E-state index in [-0.39, 0.29) is 18.4 Å². The number of esters is 2. The van der Waals surface area contributed by atoms with Crippen LogP contribution in [-0.2, 0) is 28.5 Å². The van der Waals surface area contributed by atoms with Gasteiger partial charge in [0.05, 0.1) is 11.8 Å². The predicted molar refractivity (Wildman–Crippen MR) is 103 cm³/mol. The van der Waals surface area contributed by atoms with Crippen LogP contribution in [0.25, 0.3) is 0 Å². The zero-order valence-electron chi connectivity index (χ0n) is 17.6. The highest BCUT2D eigenvalue weighted by molar-refractivity contribution is 5.97. The topological polar surface area (TPSA) is 71.1 Å². The molecular weight excluding hydrogens is 348 g/mol. The minimum atomic E-state index is -0.888. The van der Waals surface area contributed by atoms with E-state index in [0.29, 0.717) is 19.8 Å². The summed E-state index contributed by atoms with van der Waals surface area (Å²) in [7, 11) is 0. The van der Waals surface area contributed by atoms with E-state index in [1.807, 2.05) is 27.7 Å². The van der Waals surface area contributed by atoms with E-state index in [1.165, 1.54) is 6.42 Å². The van der Waals surface area contributed by atoms with Crippen LogP contribution in [0.2, 0.25) is 0 Å². The zero-order valence-corrected chi connectivity index (χ0v) is 17.6. The highest BCUT2D eigenvalue weighted by atomic mass is 16.9. The maximum absolute atomic E-state index is 11.7. The molecule has 1 rings (SSSR count). The van der Waals surface area contributed by atoms with Crippen LogP contribution >= 0.6 is 0 Å². The number of ether oxygens (including phenoxy) is 4. The fraction of sp³-hybridized carbons (Fsp3) is 0.905. The summed E-state index contributed by atoms with van der Waals surface area (Å²) in [4.78, 5) is 22.9. The summed E-state index contributed by atoms with van der Waals surface area (Å²) in [5, 5.41) is 0. The highest BCUT2D eigenvalue weighted by Crippen LogP contribution is 2.35. The molecular formula is C21H38O6. The van der Waals surface area contributed by atoms with Crippen LogP contribution in [0.15, 0.2) is 0 Å². The van der Waals surface area contributed by atoms with Crippen LogP contribution in [-0.4, -0.2) is 37.7 Å². The van der Waals surface area contributed by atoms with E-state index in [2.05, 4.69) is 4.74 Å². The van der Waals surface area contributed by atoms with Gasteiger partial charge in [-0.25, -0.2) is 0 Å². The smallest absolute Gasteiger partial charge is 0.320 e. The Balaban J connectivity index is 2.12. The van der Waals surface area contributed by atoms with Crippen LogP contribution in [0.1, 0.15) is 91.9 Å². The Morgan fingerprint density at radius 1 is 0.852 bits per heavy atom. The van der Waals surface area contributed by atoms with E-state index in [4.69, 9.17) is 14.2 Å². The first kappa shape index (κ1) is 24.1. The molecule has 1 saturated heterocycles. The van der Waals surface area contributed by atoms with E-state index in [9.17, 15) is 9.59 Å². The number of carbonyl (C=O) groups excluding carboxylic acids is 2. The van der Waals surface area contributed by atoms with Crippen LogP contribution in [0, 0.1) is 5.41 Å². The van der Waals surface area contributed by atoms with Crippen LogP contribution in [0.5, 0.6) is 0 Å². The fourth-order valence-electron chi connectivity index (χ4n) is 3.59. The highest BCUT2D eigenvalue weighted by Gasteiger charge is 2.44. The van der Waals surface area contributed by atoms with Gasteiger partial charge in [0.1, 0.15) is 0 Å². The molecule has 1 atom stereocenters. The number of rotatable bonds is 16. The van der Waals surface area contributed by atoms with Crippen molar-refractivity contribution in [1.82, 2.24) is 0 Å². The lowest BCUT2D eigenvalue weighted by atomic mass is 9.83. The quantitative estimate of drug-likeness (QED) is 0.165. The maximum Gasteiger partial charge on any atom is 0.320 e. The molecule has 1 aliphatic rings. The Kier molecular flexibility index (Phi) is 11.1. The van der Waals surface area contributed by atoms with Gasteiger partial charge in [0, 0.05) is 26.2 Å². The van der Waals surface area contributed by atoms with Crippen molar-refractivity contribution in [3.05, 3.63) is 0 Å². The van der Waals surface area contributed by atoms with Gasteiger partial charge in [-0.05, 0) is 40.5 Å². The standard InChI is InChI=1S/C21H38O6/c1-5-24-21(25-6-2,26-7-3)16-14-12-10-8-9-11-13-15-20(4)17-18(22)27-19(20)23/h5-17H2,1-4H3. The Morgan fingerprint density at radius 2 is 1.33 bits per heavy atom. The maximum atomic E-state index is 11.7. The lowest BCUT2D eigenvalue weighted by molar-refractivity contribution is -0.380. The molecule has 158 valence electrons. The summed E-state index contributed by atoms with van der Waals surface area (Å²) in [6.07, 6.45) is 9.36. The molecule has 6 heteroatoms. The van der Waals surface area contributed by atoms with Crippen molar-refractivity contribution >= 4 is 11.9 Å². The largest absolute Gasteiger partial charge is 0.393 e. The first-order valence-electron chi connectivity index (χ1n) is 10.6. The second kappa shape index (κ2) is 12.5. The molecule has 27 heavy (non-hydrogen) atoms. The van der Waals surface area contributed by atoms with E-state index in [0.717, 1.165) is 51.4 Å². The third-order valence-electron chi connectivity index (χ3n) is 5.04. The summed E-state index contributed by atoms with van der Waals surface area (Å²) in [6.45, 7) is 9.40. The summed E-state index contributed by atoms with van der Waals surface area (Å²) >= 11 is 0. The van der Waals surface area contributed by atoms with Crippen molar-refractivity contribution < 1.29 is 28.5 Å². The second-order valence-corrected chi connectivity index (χ2v) is 7.46. The van der Waals surface area contributed by atoms with E-state index >= 15 is 0 Å². The van der Waals surface area contributed by atoms with Gasteiger partial charge in [-0.2, -0.15) is 0 Å². The lowest BCUT2D eigenvalue weighted by Gasteiger charge is -2.32. The average Bonchev–Trinajstić information content (AvgIpc) is 2.86. The van der Waals surface area contributed by atoms with Crippen molar-refractivity contribution in [2.24, 2.45) is 5.41 Å². The number of carbonyl (C=O) groups is 2. The van der Waals surface area contributed by atoms with Gasteiger partial charge in [-0.1, -0.05) is 38.5 Å². The molecule has 0 saturated carbocycles. The molecule has 0 bridgehead atoms. The van der Waals surface area contributed by atoms with Crippen LogP contribution in [0.3, 0.4) is 0 Å². The van der Waals surface area contributed by atoms with Gasteiger partial charge < -0.3 is 18.9 Å². The molecule has 1 unspecified atom stereocenters. The molecule has 0 radical (unpaired) electrons. The lowest BCUT2D eigenvalue weighted by Crippen LogP contribution is -2.39. The van der Waals surface area contributed by atoms with Crippen LogP contribution < -0.4 is 0 Å². The number of unbranched alkanes of at least 4 members (excludes halogenated alkanes) is 6. The molecule has 6 nitrogen and oxygen atoms in total. The van der Waals surface area contributed by atoms with E-state index in [1.54, 1.807) is 0 Å². The Bertz CT molecular complexity index is 433. The molecule has 1 heterocycles. The number of hydrogen-bond acceptors (Lipinski definition) is 6. The summed E-state index contributed by atoms with van der Waals surface area (Å²) < 4.78 is 21.9. The summed E-state index contributed by atoms with van der Waals surface area (Å²) in [6, 6.07) is 0. The zero-order chi connectivity index (χ0) is 20.2. The molecule has 0 aromatic heterocycles. The van der Waals surface area contributed by atoms with Gasteiger partial charge in [-0.3, -0.25) is 9.59 Å². The third-order valence-corrected chi connectivity index (χ3v) is 5.04. The van der Waals surface area contributed by atoms with Crippen molar-refractivity contribution in [2.45, 2.75) is 97.9 Å². The predicted octanol–water partition coefficient (Wildman–Crippen LogP) is 4.74. The van der Waals surface area contributed by atoms with Crippen molar-refractivity contribution in [3.8, 4) is 0 Å². The van der Waals surface area contributed by atoms with Gasteiger partial charge in [0.2, 0.25) is 0 Å². The van der Waals surface area contributed by atoms with Crippen LogP contribution in [0.4, 0.5) is 0 Å². The average molecular weight is 387 g/mol. The molecule has 0 amide bonds. The van der Waals surface area contributed by atoms with Gasteiger partial charge in [0.25, 0.3) is 5.97 Å².